The van der Waals surface area contributed by atoms with E-state index >= 15 is 0 Å². The molecule has 0 aliphatic carbocycles. The average Bonchev–Trinajstić information content (AvgIpc) is 2.92. The maximum Gasteiger partial charge on any atom is 0.335 e. The van der Waals surface area contributed by atoms with Gasteiger partial charge in [-0.2, -0.15) is 0 Å². The van der Waals surface area contributed by atoms with Crippen LogP contribution in [0.25, 0.3) is 0 Å². The molecule has 2 rings (SSSR count). The van der Waals surface area contributed by atoms with Crippen LogP contribution in [0, 0.1) is 0 Å². The number of thioether (sulfide) groups is 1. The highest BCUT2D eigenvalue weighted by Gasteiger charge is 2.06. The first-order valence-electron chi connectivity index (χ1n) is 6.60. The van der Waals surface area contributed by atoms with E-state index in [1.54, 1.807) is 12.1 Å². The zero-order valence-electron chi connectivity index (χ0n) is 11.6. The normalized spacial score (nSPS) is 10.5. The number of ether oxygens (including phenoxy) is 1. The Labute approximate surface area is 126 Å². The fourth-order valence-corrected chi connectivity index (χ4v) is 2.21. The zero-order valence-corrected chi connectivity index (χ0v) is 12.4. The highest BCUT2D eigenvalue weighted by Crippen LogP contribution is 2.18. The number of carbonyl (C=O) groups is 1. The molecular weight excluding hydrogens is 292 g/mol. The zero-order chi connectivity index (χ0) is 15.1. The van der Waals surface area contributed by atoms with Crippen molar-refractivity contribution in [3.05, 3.63) is 35.7 Å². The highest BCUT2D eigenvalue weighted by molar-refractivity contribution is 7.99. The first kappa shape index (κ1) is 15.4. The molecule has 0 radical (unpaired) electrons. The van der Waals surface area contributed by atoms with Gasteiger partial charge in [-0.3, -0.25) is 0 Å². The second-order valence-electron chi connectivity index (χ2n) is 4.24. The summed E-state index contributed by atoms with van der Waals surface area (Å²) in [5.41, 5.74) is 0.210. The van der Waals surface area contributed by atoms with Crippen molar-refractivity contribution in [2.24, 2.45) is 0 Å². The van der Waals surface area contributed by atoms with Crippen molar-refractivity contribution in [3.63, 3.8) is 0 Å². The third kappa shape index (κ3) is 4.78. The van der Waals surface area contributed by atoms with Crippen LogP contribution in [0.4, 0.5) is 0 Å². The third-order valence-corrected chi connectivity index (χ3v) is 3.35. The summed E-state index contributed by atoms with van der Waals surface area (Å²) in [6, 6.07) is 6.40. The van der Waals surface area contributed by atoms with Crippen LogP contribution in [0.15, 0.2) is 33.9 Å². The van der Waals surface area contributed by atoms with E-state index in [4.69, 9.17) is 14.3 Å². The third-order valence-electron chi connectivity index (χ3n) is 2.57. The van der Waals surface area contributed by atoms with Gasteiger partial charge in [0.05, 0.1) is 12.2 Å². The quantitative estimate of drug-likeness (QED) is 0.592. The Morgan fingerprint density at radius 3 is 3.05 bits per heavy atom. The summed E-state index contributed by atoms with van der Waals surface area (Å²) in [5, 5.41) is 17.3. The van der Waals surface area contributed by atoms with Gasteiger partial charge in [-0.1, -0.05) is 24.8 Å². The number of nitrogens with zero attached hydrogens (tertiary/aromatic N) is 2. The van der Waals surface area contributed by atoms with Crippen molar-refractivity contribution in [3.8, 4) is 5.75 Å². The van der Waals surface area contributed by atoms with Crippen LogP contribution in [0.1, 0.15) is 29.6 Å². The molecule has 0 unspecified atom stereocenters. The first-order valence-corrected chi connectivity index (χ1v) is 7.59. The van der Waals surface area contributed by atoms with Crippen LogP contribution in [-0.2, 0) is 6.42 Å². The molecule has 0 spiro atoms. The van der Waals surface area contributed by atoms with Gasteiger partial charge in [0, 0.05) is 12.2 Å². The molecule has 0 atom stereocenters. The van der Waals surface area contributed by atoms with Gasteiger partial charge >= 0.3 is 5.97 Å². The second kappa shape index (κ2) is 7.68. The van der Waals surface area contributed by atoms with Crippen LogP contribution in [-0.4, -0.2) is 33.6 Å². The smallest absolute Gasteiger partial charge is 0.335 e. The number of aromatic nitrogens is 2. The van der Waals surface area contributed by atoms with Gasteiger partial charge in [-0.05, 0) is 24.6 Å². The monoisotopic (exact) mass is 308 g/mol. The summed E-state index contributed by atoms with van der Waals surface area (Å²) >= 11 is 1.42. The molecule has 1 aromatic heterocycles. The molecule has 0 amide bonds. The minimum Gasteiger partial charge on any atom is -0.493 e. The van der Waals surface area contributed by atoms with Crippen molar-refractivity contribution in [2.45, 2.75) is 25.0 Å². The molecule has 112 valence electrons. The Hall–Kier alpha value is -2.02. The lowest BCUT2D eigenvalue weighted by Gasteiger charge is -2.05. The van der Waals surface area contributed by atoms with Crippen LogP contribution in [0.2, 0.25) is 0 Å². The van der Waals surface area contributed by atoms with Crippen molar-refractivity contribution in [1.29, 1.82) is 0 Å². The van der Waals surface area contributed by atoms with Crippen LogP contribution >= 0.6 is 11.8 Å². The van der Waals surface area contributed by atoms with Crippen molar-refractivity contribution in [1.82, 2.24) is 10.2 Å². The molecule has 1 heterocycles. The summed E-state index contributed by atoms with van der Waals surface area (Å²) in [6.45, 7) is 2.48. The lowest BCUT2D eigenvalue weighted by molar-refractivity contribution is 0.0696. The predicted molar refractivity (Wildman–Crippen MR) is 77.9 cm³/mol. The number of hydrogen-bond donors (Lipinski definition) is 1. The summed E-state index contributed by atoms with van der Waals surface area (Å²) in [7, 11) is 0. The minimum atomic E-state index is -0.968. The van der Waals surface area contributed by atoms with Gasteiger partial charge in [0.15, 0.2) is 0 Å². The van der Waals surface area contributed by atoms with Gasteiger partial charge in [-0.25, -0.2) is 4.79 Å². The fourth-order valence-electron chi connectivity index (χ4n) is 1.62. The largest absolute Gasteiger partial charge is 0.493 e. The van der Waals surface area contributed by atoms with E-state index in [0.717, 1.165) is 12.8 Å². The van der Waals surface area contributed by atoms with Gasteiger partial charge in [0.2, 0.25) is 5.89 Å². The lowest BCUT2D eigenvalue weighted by Crippen LogP contribution is -2.02. The van der Waals surface area contributed by atoms with Gasteiger partial charge < -0.3 is 14.3 Å². The fraction of sp³-hybridized carbons (Fsp3) is 0.357. The summed E-state index contributed by atoms with van der Waals surface area (Å²) in [5.74, 6) is 0.859. The Kier molecular flexibility index (Phi) is 5.62. The average molecular weight is 308 g/mol. The molecule has 21 heavy (non-hydrogen) atoms. The minimum absolute atomic E-state index is 0.210. The molecule has 0 saturated heterocycles. The van der Waals surface area contributed by atoms with Gasteiger partial charge in [-0.15, -0.1) is 10.2 Å². The Morgan fingerprint density at radius 1 is 1.43 bits per heavy atom. The number of hydrogen-bond acceptors (Lipinski definition) is 6. The molecule has 7 heteroatoms. The molecule has 1 aromatic carbocycles. The van der Waals surface area contributed by atoms with Gasteiger partial charge in [0.1, 0.15) is 5.75 Å². The molecule has 2 aromatic rings. The molecule has 0 aliphatic heterocycles. The molecule has 0 fully saturated rings. The van der Waals surface area contributed by atoms with Crippen molar-refractivity contribution in [2.75, 3.05) is 12.4 Å². The van der Waals surface area contributed by atoms with E-state index in [1.807, 2.05) is 0 Å². The molecule has 6 nitrogen and oxygen atoms in total. The number of aromatic carboxylic acids is 1. The topological polar surface area (TPSA) is 85.5 Å². The van der Waals surface area contributed by atoms with E-state index in [1.165, 1.54) is 23.9 Å². The summed E-state index contributed by atoms with van der Waals surface area (Å²) < 4.78 is 10.9. The second-order valence-corrected chi connectivity index (χ2v) is 5.29. The van der Waals surface area contributed by atoms with E-state index in [2.05, 4.69) is 17.1 Å². The number of benzene rings is 1. The van der Waals surface area contributed by atoms with E-state index in [0.29, 0.717) is 29.2 Å². The first-order chi connectivity index (χ1) is 10.2. The van der Waals surface area contributed by atoms with E-state index in [9.17, 15) is 4.79 Å². The molecular formula is C14H16N2O4S. The standard InChI is InChI=1S/C14H16N2O4S/c1-2-4-12-15-16-14(20-12)21-8-7-19-11-6-3-5-10(9-11)13(17)18/h3,5-6,9H,2,4,7-8H2,1H3,(H,17,18). The maximum absolute atomic E-state index is 10.8. The maximum atomic E-state index is 10.8. The van der Waals surface area contributed by atoms with Crippen LogP contribution in [0.5, 0.6) is 5.75 Å². The predicted octanol–water partition coefficient (Wildman–Crippen LogP) is 2.89. The van der Waals surface area contributed by atoms with Gasteiger partial charge in [0.25, 0.3) is 5.22 Å². The number of aryl methyl sites for hydroxylation is 1. The van der Waals surface area contributed by atoms with E-state index in [-0.39, 0.29) is 5.56 Å². The summed E-state index contributed by atoms with van der Waals surface area (Å²) in [4.78, 5) is 10.8. The Balaban J connectivity index is 1.76. The lowest BCUT2D eigenvalue weighted by atomic mass is 10.2. The molecule has 0 aliphatic rings. The van der Waals surface area contributed by atoms with E-state index < -0.39 is 5.97 Å². The van der Waals surface area contributed by atoms with Crippen LogP contribution in [0.3, 0.4) is 0 Å². The molecule has 0 saturated carbocycles. The number of carboxylic acid groups (broad SMARTS) is 1. The Morgan fingerprint density at radius 2 is 2.29 bits per heavy atom. The molecule has 0 bridgehead atoms. The highest BCUT2D eigenvalue weighted by atomic mass is 32.2. The molecule has 1 N–H and O–H groups in total. The van der Waals surface area contributed by atoms with Crippen LogP contribution < -0.4 is 4.74 Å². The number of rotatable bonds is 8. The number of carboxylic acids is 1. The van der Waals surface area contributed by atoms with Crippen molar-refractivity contribution < 1.29 is 19.1 Å². The van der Waals surface area contributed by atoms with Crippen molar-refractivity contribution >= 4 is 17.7 Å². The summed E-state index contributed by atoms with van der Waals surface area (Å²) in [6.07, 6.45) is 1.75. The Bertz CT molecular complexity index is 600. The SMILES string of the molecule is CCCc1nnc(SCCOc2cccc(C(=O)O)c2)o1.